The van der Waals surface area contributed by atoms with E-state index in [2.05, 4.69) is 51.8 Å². The van der Waals surface area contributed by atoms with Crippen molar-refractivity contribution < 1.29 is 19.4 Å². The monoisotopic (exact) mass is 712 g/mol. The van der Waals surface area contributed by atoms with Crippen LogP contribution in [-0.4, -0.2) is 48.4 Å². The molecule has 2 aromatic heterocycles. The molecular formula is C40H49ClN6O4. The van der Waals surface area contributed by atoms with Crippen molar-refractivity contribution in [2.24, 2.45) is 11.8 Å². The number of benzene rings is 2. The summed E-state index contributed by atoms with van der Waals surface area (Å²) in [6.45, 7) is 11.3. The molecule has 0 aliphatic heterocycles. The molecule has 2 heterocycles. The number of ether oxygens (including phenoxy) is 2. The third-order valence-corrected chi connectivity index (χ3v) is 11.8. The molecule has 1 spiro atoms. The normalized spacial score (nSPS) is 24.8. The summed E-state index contributed by atoms with van der Waals surface area (Å²) in [7, 11) is 0. The van der Waals surface area contributed by atoms with Crippen LogP contribution in [0.4, 0.5) is 5.69 Å². The molecule has 3 atom stereocenters. The standard InChI is InChI=1S/C40H49ClN6O4/c1-25(24-50-34-14-19-42-33-11-6-8-26(2)35(33)34)20-28-21-27-12-13-31(51-37-44-45-46-47(37)38(3,4)5)23-32(27)39(28)15-17-40(18-16-39,36(48)49)43-30-10-7-9-29(41)22-30/h7,9-10,12-14,19,22-23,25-26,28,43H,6,8,11,15-18,20-21,24H2,1-5H3,(H,48,49)/t25-,26-,28?,39?,40?/m1/s1. The first-order valence-electron chi connectivity index (χ1n) is 18.3. The zero-order valence-electron chi connectivity index (χ0n) is 30.3. The summed E-state index contributed by atoms with van der Waals surface area (Å²) in [5.74, 6) is 1.85. The van der Waals surface area contributed by atoms with Gasteiger partial charge in [-0.2, -0.15) is 4.68 Å². The molecule has 51 heavy (non-hydrogen) atoms. The van der Waals surface area contributed by atoms with Gasteiger partial charge in [-0.15, -0.1) is 0 Å². The molecule has 1 saturated carbocycles. The number of carboxylic acids is 1. The van der Waals surface area contributed by atoms with Crippen LogP contribution in [0.1, 0.15) is 108 Å². The third kappa shape index (κ3) is 6.91. The number of hydrogen-bond acceptors (Lipinski definition) is 8. The maximum absolute atomic E-state index is 13.0. The number of aliphatic carboxylic acids is 1. The minimum atomic E-state index is -1.10. The Hall–Kier alpha value is -4.18. The van der Waals surface area contributed by atoms with Crippen molar-refractivity contribution in [2.45, 2.75) is 115 Å². The molecule has 11 heteroatoms. The molecule has 1 unspecified atom stereocenters. The Morgan fingerprint density at radius 1 is 1.14 bits per heavy atom. The van der Waals surface area contributed by atoms with Crippen LogP contribution in [0, 0.1) is 11.8 Å². The maximum Gasteiger partial charge on any atom is 0.341 e. The molecular weight excluding hydrogens is 664 g/mol. The van der Waals surface area contributed by atoms with Gasteiger partial charge in [0.25, 0.3) is 0 Å². The summed E-state index contributed by atoms with van der Waals surface area (Å²) in [6, 6.07) is 16.0. The van der Waals surface area contributed by atoms with Crippen molar-refractivity contribution in [3.63, 3.8) is 0 Å². The van der Waals surface area contributed by atoms with E-state index in [1.54, 1.807) is 16.8 Å². The number of anilines is 1. The zero-order valence-corrected chi connectivity index (χ0v) is 31.0. The molecule has 10 nitrogen and oxygen atoms in total. The average molecular weight is 713 g/mol. The van der Waals surface area contributed by atoms with Gasteiger partial charge in [-0.1, -0.05) is 42.7 Å². The quantitative estimate of drug-likeness (QED) is 0.166. The number of rotatable bonds is 10. The van der Waals surface area contributed by atoms with E-state index in [-0.39, 0.29) is 16.9 Å². The van der Waals surface area contributed by atoms with Crippen LogP contribution in [0.3, 0.4) is 0 Å². The van der Waals surface area contributed by atoms with Gasteiger partial charge in [0.15, 0.2) is 0 Å². The number of fused-ring (bicyclic) bond motifs is 3. The summed E-state index contributed by atoms with van der Waals surface area (Å²) >= 11 is 6.29. The number of hydrogen-bond donors (Lipinski definition) is 2. The van der Waals surface area contributed by atoms with E-state index in [0.29, 0.717) is 48.1 Å². The topological polar surface area (TPSA) is 124 Å². The lowest BCUT2D eigenvalue weighted by Gasteiger charge is -2.47. The van der Waals surface area contributed by atoms with Crippen LogP contribution < -0.4 is 14.8 Å². The molecule has 0 amide bonds. The van der Waals surface area contributed by atoms with Gasteiger partial charge in [-0.05, 0) is 160 Å². The highest BCUT2D eigenvalue weighted by molar-refractivity contribution is 6.30. The van der Waals surface area contributed by atoms with Crippen LogP contribution in [0.25, 0.3) is 0 Å². The lowest BCUT2D eigenvalue weighted by molar-refractivity contribution is -0.144. The highest BCUT2D eigenvalue weighted by Gasteiger charge is 2.54. The third-order valence-electron chi connectivity index (χ3n) is 11.6. The largest absolute Gasteiger partial charge is 0.493 e. The molecule has 3 aliphatic rings. The van der Waals surface area contributed by atoms with E-state index in [9.17, 15) is 9.90 Å². The summed E-state index contributed by atoms with van der Waals surface area (Å²) in [6.07, 6.45) is 9.49. The van der Waals surface area contributed by atoms with Crippen molar-refractivity contribution in [2.75, 3.05) is 11.9 Å². The molecule has 4 aromatic rings. The fourth-order valence-electron chi connectivity index (χ4n) is 8.91. The first-order chi connectivity index (χ1) is 24.4. The summed E-state index contributed by atoms with van der Waals surface area (Å²) in [5, 5.41) is 26.8. The second-order valence-corrected chi connectivity index (χ2v) is 16.6. The number of carbonyl (C=O) groups is 1. The van der Waals surface area contributed by atoms with E-state index in [0.717, 1.165) is 50.0 Å². The molecule has 7 rings (SSSR count). The zero-order chi connectivity index (χ0) is 36.0. The minimum absolute atomic E-state index is 0.224. The van der Waals surface area contributed by atoms with Gasteiger partial charge in [0.05, 0.1) is 12.1 Å². The molecule has 3 aliphatic carbocycles. The highest BCUT2D eigenvalue weighted by Crippen LogP contribution is 2.57. The Labute approximate surface area is 305 Å². The van der Waals surface area contributed by atoms with E-state index < -0.39 is 11.5 Å². The minimum Gasteiger partial charge on any atom is -0.493 e. The van der Waals surface area contributed by atoms with Gasteiger partial charge >= 0.3 is 12.0 Å². The Bertz CT molecular complexity index is 1900. The fourth-order valence-corrected chi connectivity index (χ4v) is 9.10. The summed E-state index contributed by atoms with van der Waals surface area (Å²) in [5.41, 5.74) is 4.02. The first kappa shape index (κ1) is 35.2. The van der Waals surface area contributed by atoms with Gasteiger partial charge in [0, 0.05) is 28.2 Å². The van der Waals surface area contributed by atoms with E-state index in [4.69, 9.17) is 21.1 Å². The Morgan fingerprint density at radius 3 is 2.69 bits per heavy atom. The number of nitrogens with one attached hydrogen (secondary N) is 1. The lowest BCUT2D eigenvalue weighted by atomic mass is 9.59. The SMILES string of the molecule is C[C@@H](COc1ccnc2c1[C@H](C)CCC2)CC1Cc2ccc(Oc3nnnn3C(C)(C)C)cc2C12CCC(Nc1cccc(Cl)c1)(C(=O)O)CC2. The van der Waals surface area contributed by atoms with Crippen molar-refractivity contribution in [3.05, 3.63) is 82.1 Å². The summed E-state index contributed by atoms with van der Waals surface area (Å²) in [4.78, 5) is 17.7. The average Bonchev–Trinajstić information content (AvgIpc) is 3.68. The molecule has 0 saturated heterocycles. The van der Waals surface area contributed by atoms with Gasteiger partial charge in [0.1, 0.15) is 17.0 Å². The number of carboxylic acid groups (broad SMARTS) is 1. The maximum atomic E-state index is 13.0. The van der Waals surface area contributed by atoms with Gasteiger partial charge in [-0.3, -0.25) is 4.98 Å². The number of halogens is 1. The molecule has 270 valence electrons. The Morgan fingerprint density at radius 2 is 1.94 bits per heavy atom. The number of tetrazole rings is 1. The highest BCUT2D eigenvalue weighted by atomic mass is 35.5. The molecule has 0 bridgehead atoms. The molecule has 0 radical (unpaired) electrons. The first-order valence-corrected chi connectivity index (χ1v) is 18.7. The van der Waals surface area contributed by atoms with Crippen molar-refractivity contribution in [1.82, 2.24) is 25.2 Å². The molecule has 1 fully saturated rings. The van der Waals surface area contributed by atoms with Crippen LogP contribution in [0.15, 0.2) is 54.7 Å². The molecule has 2 N–H and O–H groups in total. The van der Waals surface area contributed by atoms with Crippen molar-refractivity contribution in [1.29, 1.82) is 0 Å². The number of aromatic nitrogens is 5. The van der Waals surface area contributed by atoms with Gasteiger partial charge in [0.2, 0.25) is 0 Å². The number of nitrogens with zero attached hydrogens (tertiary/aromatic N) is 5. The van der Waals surface area contributed by atoms with E-state index in [1.807, 2.05) is 51.2 Å². The Kier molecular flexibility index (Phi) is 9.50. The van der Waals surface area contributed by atoms with E-state index >= 15 is 0 Å². The van der Waals surface area contributed by atoms with E-state index in [1.165, 1.54) is 28.8 Å². The number of aryl methyl sites for hydroxylation is 1. The van der Waals surface area contributed by atoms with Crippen molar-refractivity contribution >= 4 is 23.3 Å². The van der Waals surface area contributed by atoms with Gasteiger partial charge < -0.3 is 19.9 Å². The predicted octanol–water partition coefficient (Wildman–Crippen LogP) is 8.73. The van der Waals surface area contributed by atoms with Crippen LogP contribution in [0.5, 0.6) is 17.5 Å². The van der Waals surface area contributed by atoms with Crippen LogP contribution in [-0.2, 0) is 28.6 Å². The second-order valence-electron chi connectivity index (χ2n) is 16.2. The summed E-state index contributed by atoms with van der Waals surface area (Å²) < 4.78 is 14.6. The van der Waals surface area contributed by atoms with Crippen LogP contribution >= 0.6 is 11.6 Å². The predicted molar refractivity (Wildman–Crippen MR) is 197 cm³/mol. The fraction of sp³-hybridized carbons (Fsp3) is 0.525. The number of pyridine rings is 1. The van der Waals surface area contributed by atoms with Gasteiger partial charge in [-0.25, -0.2) is 4.79 Å². The van der Waals surface area contributed by atoms with Crippen LogP contribution in [0.2, 0.25) is 5.02 Å². The second kappa shape index (κ2) is 13.7. The lowest BCUT2D eigenvalue weighted by Crippen LogP contribution is -2.53. The smallest absolute Gasteiger partial charge is 0.341 e. The Balaban J connectivity index is 1.16. The molecule has 2 aromatic carbocycles. The van der Waals surface area contributed by atoms with Crippen molar-refractivity contribution in [3.8, 4) is 17.5 Å².